The molecule has 0 fully saturated rings. The molecule has 3 heteroatoms. The molecule has 94 valence electrons. The predicted molar refractivity (Wildman–Crippen MR) is 70.1 cm³/mol. The summed E-state index contributed by atoms with van der Waals surface area (Å²) < 4.78 is 0. The van der Waals surface area contributed by atoms with Gasteiger partial charge in [0.15, 0.2) is 0 Å². The van der Waals surface area contributed by atoms with Crippen molar-refractivity contribution in [2.45, 2.75) is 52.5 Å². The number of carbonyl (C=O) groups is 1. The van der Waals surface area contributed by atoms with Crippen LogP contribution in [-0.4, -0.2) is 16.4 Å². The first-order valence-corrected chi connectivity index (χ1v) is 6.19. The SMILES string of the molecule is CCCCc1ccncc1C(=O)NC(C)(C)C. The van der Waals surface area contributed by atoms with Crippen LogP contribution in [0.5, 0.6) is 0 Å². The van der Waals surface area contributed by atoms with Gasteiger partial charge in [-0.2, -0.15) is 0 Å². The van der Waals surface area contributed by atoms with Gasteiger partial charge in [-0.15, -0.1) is 0 Å². The number of rotatable bonds is 4. The van der Waals surface area contributed by atoms with Gasteiger partial charge < -0.3 is 5.32 Å². The fraction of sp³-hybridized carbons (Fsp3) is 0.571. The third-order valence-electron chi connectivity index (χ3n) is 2.44. The second-order valence-corrected chi connectivity index (χ2v) is 5.34. The molecule has 0 saturated heterocycles. The summed E-state index contributed by atoms with van der Waals surface area (Å²) in [6.07, 6.45) is 6.57. The number of nitrogens with one attached hydrogen (secondary N) is 1. The van der Waals surface area contributed by atoms with Crippen molar-refractivity contribution < 1.29 is 4.79 Å². The van der Waals surface area contributed by atoms with E-state index < -0.39 is 0 Å². The Kier molecular flexibility index (Phi) is 4.67. The van der Waals surface area contributed by atoms with E-state index in [-0.39, 0.29) is 11.4 Å². The zero-order valence-electron chi connectivity index (χ0n) is 11.2. The Morgan fingerprint density at radius 1 is 1.41 bits per heavy atom. The molecule has 0 bridgehead atoms. The van der Waals surface area contributed by atoms with Gasteiger partial charge in [0.2, 0.25) is 0 Å². The van der Waals surface area contributed by atoms with Crippen molar-refractivity contribution >= 4 is 5.91 Å². The fourth-order valence-corrected chi connectivity index (χ4v) is 1.62. The molecule has 0 aliphatic carbocycles. The third kappa shape index (κ3) is 4.55. The average molecular weight is 234 g/mol. The van der Waals surface area contributed by atoms with Crippen LogP contribution >= 0.6 is 0 Å². The van der Waals surface area contributed by atoms with Gasteiger partial charge in [0.25, 0.3) is 5.91 Å². The molecule has 1 amide bonds. The number of amides is 1. The van der Waals surface area contributed by atoms with Crippen molar-refractivity contribution in [3.8, 4) is 0 Å². The lowest BCUT2D eigenvalue weighted by molar-refractivity contribution is 0.0918. The van der Waals surface area contributed by atoms with Crippen LogP contribution < -0.4 is 5.32 Å². The van der Waals surface area contributed by atoms with Gasteiger partial charge in [0.1, 0.15) is 0 Å². The summed E-state index contributed by atoms with van der Waals surface area (Å²) in [4.78, 5) is 16.1. The van der Waals surface area contributed by atoms with Crippen molar-refractivity contribution in [1.29, 1.82) is 0 Å². The highest BCUT2D eigenvalue weighted by Gasteiger charge is 2.17. The zero-order valence-corrected chi connectivity index (χ0v) is 11.2. The lowest BCUT2D eigenvalue weighted by atomic mass is 10.0. The molecule has 0 unspecified atom stereocenters. The lowest BCUT2D eigenvalue weighted by Crippen LogP contribution is -2.41. The van der Waals surface area contributed by atoms with Gasteiger partial charge >= 0.3 is 0 Å². The van der Waals surface area contributed by atoms with Gasteiger partial charge in [0, 0.05) is 17.9 Å². The summed E-state index contributed by atoms with van der Waals surface area (Å²) in [5.74, 6) is -0.0308. The van der Waals surface area contributed by atoms with Crippen LogP contribution in [0.15, 0.2) is 18.5 Å². The van der Waals surface area contributed by atoms with Crippen LogP contribution in [0.3, 0.4) is 0 Å². The molecule has 0 atom stereocenters. The highest BCUT2D eigenvalue weighted by Crippen LogP contribution is 2.12. The number of hydrogen-bond acceptors (Lipinski definition) is 2. The number of aromatic nitrogens is 1. The first-order chi connectivity index (χ1) is 7.94. The minimum atomic E-state index is -0.213. The summed E-state index contributed by atoms with van der Waals surface area (Å²) in [5, 5.41) is 2.97. The molecule has 0 aliphatic heterocycles. The molecule has 17 heavy (non-hydrogen) atoms. The van der Waals surface area contributed by atoms with Crippen LogP contribution in [0.1, 0.15) is 56.5 Å². The van der Waals surface area contributed by atoms with Crippen LogP contribution in [0, 0.1) is 0 Å². The van der Waals surface area contributed by atoms with E-state index in [1.54, 1.807) is 12.4 Å². The molecule has 0 saturated carbocycles. The molecule has 0 aromatic carbocycles. The Labute approximate surface area is 104 Å². The highest BCUT2D eigenvalue weighted by atomic mass is 16.1. The summed E-state index contributed by atoms with van der Waals surface area (Å²) in [6.45, 7) is 8.09. The number of aryl methyl sites for hydroxylation is 1. The monoisotopic (exact) mass is 234 g/mol. The Bertz CT molecular complexity index is 380. The molecule has 1 aromatic heterocycles. The average Bonchev–Trinajstić information content (AvgIpc) is 2.24. The topological polar surface area (TPSA) is 42.0 Å². The number of unbranched alkanes of at least 4 members (excludes halogenated alkanes) is 1. The first-order valence-electron chi connectivity index (χ1n) is 6.19. The Morgan fingerprint density at radius 3 is 2.71 bits per heavy atom. The normalized spacial score (nSPS) is 11.3. The highest BCUT2D eigenvalue weighted by molar-refractivity contribution is 5.95. The summed E-state index contributed by atoms with van der Waals surface area (Å²) >= 11 is 0. The zero-order chi connectivity index (χ0) is 12.9. The molecule has 3 nitrogen and oxygen atoms in total. The van der Waals surface area contributed by atoms with Crippen molar-refractivity contribution in [3.05, 3.63) is 29.6 Å². The summed E-state index contributed by atoms with van der Waals surface area (Å²) in [5.41, 5.74) is 1.58. The van der Waals surface area contributed by atoms with E-state index in [1.165, 1.54) is 0 Å². The number of hydrogen-bond donors (Lipinski definition) is 1. The van der Waals surface area contributed by atoms with Crippen LogP contribution in [0.4, 0.5) is 0 Å². The minimum Gasteiger partial charge on any atom is -0.347 e. The van der Waals surface area contributed by atoms with Crippen LogP contribution in [0.25, 0.3) is 0 Å². The van der Waals surface area contributed by atoms with Gasteiger partial charge in [0.05, 0.1) is 5.56 Å². The maximum absolute atomic E-state index is 12.1. The van der Waals surface area contributed by atoms with E-state index in [0.717, 1.165) is 24.8 Å². The molecule has 0 spiro atoms. The molecular weight excluding hydrogens is 212 g/mol. The predicted octanol–water partition coefficient (Wildman–Crippen LogP) is 2.95. The van der Waals surface area contributed by atoms with Crippen LogP contribution in [0.2, 0.25) is 0 Å². The molecule has 0 radical (unpaired) electrons. The van der Waals surface area contributed by atoms with Gasteiger partial charge in [-0.3, -0.25) is 9.78 Å². The fourth-order valence-electron chi connectivity index (χ4n) is 1.62. The lowest BCUT2D eigenvalue weighted by Gasteiger charge is -2.21. The molecule has 1 rings (SSSR count). The largest absolute Gasteiger partial charge is 0.347 e. The molecule has 1 N–H and O–H groups in total. The summed E-state index contributed by atoms with van der Waals surface area (Å²) in [7, 11) is 0. The maximum Gasteiger partial charge on any atom is 0.253 e. The van der Waals surface area contributed by atoms with E-state index in [9.17, 15) is 4.79 Å². The van der Waals surface area contributed by atoms with Crippen LogP contribution in [-0.2, 0) is 6.42 Å². The Balaban J connectivity index is 2.85. The maximum atomic E-state index is 12.1. The van der Waals surface area contributed by atoms with E-state index in [4.69, 9.17) is 0 Å². The summed E-state index contributed by atoms with van der Waals surface area (Å²) in [6, 6.07) is 1.94. The molecule has 0 aliphatic rings. The smallest absolute Gasteiger partial charge is 0.253 e. The van der Waals surface area contributed by atoms with Gasteiger partial charge in [-0.25, -0.2) is 0 Å². The van der Waals surface area contributed by atoms with E-state index >= 15 is 0 Å². The van der Waals surface area contributed by atoms with E-state index in [1.807, 2.05) is 26.8 Å². The second kappa shape index (κ2) is 5.80. The molecule has 1 aromatic rings. The van der Waals surface area contributed by atoms with Crippen molar-refractivity contribution in [1.82, 2.24) is 10.3 Å². The molecular formula is C14H22N2O. The molecule has 1 heterocycles. The minimum absolute atomic E-state index is 0.0308. The quantitative estimate of drug-likeness (QED) is 0.870. The van der Waals surface area contributed by atoms with Gasteiger partial charge in [-0.1, -0.05) is 13.3 Å². The third-order valence-corrected chi connectivity index (χ3v) is 2.44. The van der Waals surface area contributed by atoms with E-state index in [0.29, 0.717) is 5.56 Å². The standard InChI is InChI=1S/C14H22N2O/c1-5-6-7-11-8-9-15-10-12(11)13(17)16-14(2,3)4/h8-10H,5-7H2,1-4H3,(H,16,17). The Morgan fingerprint density at radius 2 is 2.12 bits per heavy atom. The number of carbonyl (C=O) groups excluding carboxylic acids is 1. The van der Waals surface area contributed by atoms with Crippen molar-refractivity contribution in [2.24, 2.45) is 0 Å². The number of nitrogens with zero attached hydrogens (tertiary/aromatic N) is 1. The second-order valence-electron chi connectivity index (χ2n) is 5.34. The van der Waals surface area contributed by atoms with Gasteiger partial charge in [-0.05, 0) is 45.2 Å². The Hall–Kier alpha value is -1.38. The van der Waals surface area contributed by atoms with Crippen molar-refractivity contribution in [3.63, 3.8) is 0 Å². The van der Waals surface area contributed by atoms with E-state index in [2.05, 4.69) is 17.2 Å². The first kappa shape index (κ1) is 13.7. The number of pyridine rings is 1. The van der Waals surface area contributed by atoms with Crippen molar-refractivity contribution in [2.75, 3.05) is 0 Å².